The molecule has 0 radical (unpaired) electrons. The summed E-state index contributed by atoms with van der Waals surface area (Å²) in [6.07, 6.45) is 9.92. The number of hydrogen-bond donors (Lipinski definition) is 3. The molecule has 8 rings (SSSR count). The minimum Gasteiger partial charge on any atom is -0.492 e. The number of hydrogen-bond acceptors (Lipinski definition) is 8. The molecule has 0 bridgehead atoms. The quantitative estimate of drug-likeness (QED) is 0.181. The van der Waals surface area contributed by atoms with Crippen LogP contribution < -0.4 is 14.8 Å². The van der Waals surface area contributed by atoms with Gasteiger partial charge in [-0.25, -0.2) is 9.37 Å². The van der Waals surface area contributed by atoms with Gasteiger partial charge in [0.25, 0.3) is 0 Å². The predicted octanol–water partition coefficient (Wildman–Crippen LogP) is 5.97. The molecule has 2 fully saturated rings. The number of fused-ring (bicyclic) bond motifs is 2. The molecule has 234 valence electrons. The normalized spacial score (nSPS) is 16.0. The molecular formula is C35H35FN8O2. The summed E-state index contributed by atoms with van der Waals surface area (Å²) in [5.74, 6) is 1.46. The Kier molecular flexibility index (Phi) is 7.77. The molecule has 0 atom stereocenters. The molecule has 2 aliphatic heterocycles. The first-order valence-corrected chi connectivity index (χ1v) is 16.0. The number of aromatic amines is 2. The molecule has 3 N–H and O–H groups in total. The lowest BCUT2D eigenvalue weighted by molar-refractivity contribution is 0.162. The summed E-state index contributed by atoms with van der Waals surface area (Å²) in [5, 5.41) is 12.0. The molecule has 0 spiro atoms. The minimum atomic E-state index is -0.381. The van der Waals surface area contributed by atoms with Crippen LogP contribution >= 0.6 is 0 Å². The van der Waals surface area contributed by atoms with Crippen molar-refractivity contribution in [2.45, 2.75) is 31.8 Å². The van der Waals surface area contributed by atoms with E-state index in [1.165, 1.54) is 25.0 Å². The molecule has 46 heavy (non-hydrogen) atoms. The highest BCUT2D eigenvalue weighted by Gasteiger charge is 2.19. The lowest BCUT2D eigenvalue weighted by Gasteiger charge is -2.23. The Morgan fingerprint density at radius 2 is 1.74 bits per heavy atom. The molecular weight excluding hydrogens is 583 g/mol. The maximum atomic E-state index is 14.8. The predicted molar refractivity (Wildman–Crippen MR) is 175 cm³/mol. The molecule has 0 saturated carbocycles. The molecule has 11 heteroatoms. The molecule has 0 amide bonds. The molecule has 2 saturated heterocycles. The van der Waals surface area contributed by atoms with Gasteiger partial charge in [-0.05, 0) is 93.8 Å². The van der Waals surface area contributed by atoms with Gasteiger partial charge in [0, 0.05) is 41.5 Å². The van der Waals surface area contributed by atoms with E-state index in [-0.39, 0.29) is 11.9 Å². The first kappa shape index (κ1) is 28.6. The number of rotatable bonds is 9. The first-order chi connectivity index (χ1) is 22.7. The third-order valence-corrected chi connectivity index (χ3v) is 8.84. The van der Waals surface area contributed by atoms with Crippen LogP contribution in [0.3, 0.4) is 0 Å². The number of pyridine rings is 2. The van der Waals surface area contributed by atoms with Gasteiger partial charge in [-0.1, -0.05) is 6.07 Å². The molecule has 0 aliphatic carbocycles. The largest absolute Gasteiger partial charge is 0.492 e. The van der Waals surface area contributed by atoms with E-state index in [1.54, 1.807) is 12.4 Å². The minimum absolute atomic E-state index is 0.194. The summed E-state index contributed by atoms with van der Waals surface area (Å²) in [5.41, 5.74) is 6.10. The fourth-order valence-corrected chi connectivity index (χ4v) is 6.46. The Balaban J connectivity index is 1.08. The number of ether oxygens (including phenoxy) is 2. The van der Waals surface area contributed by atoms with Crippen LogP contribution in [0.5, 0.6) is 11.5 Å². The fraction of sp³-hybridized carbons (Fsp3) is 0.314. The van der Waals surface area contributed by atoms with Gasteiger partial charge in [0.05, 0.1) is 22.9 Å². The van der Waals surface area contributed by atoms with Gasteiger partial charge in [0.1, 0.15) is 41.2 Å². The van der Waals surface area contributed by atoms with Crippen molar-refractivity contribution in [1.29, 1.82) is 0 Å². The molecule has 4 aromatic heterocycles. The summed E-state index contributed by atoms with van der Waals surface area (Å²) in [6.45, 7) is 5.45. The van der Waals surface area contributed by atoms with Gasteiger partial charge in [-0.2, -0.15) is 5.10 Å². The van der Waals surface area contributed by atoms with Crippen molar-refractivity contribution in [2.75, 3.05) is 39.3 Å². The zero-order valence-corrected chi connectivity index (χ0v) is 25.4. The maximum absolute atomic E-state index is 14.8. The molecule has 2 aromatic carbocycles. The average Bonchev–Trinajstić information content (AvgIpc) is 3.85. The van der Waals surface area contributed by atoms with Gasteiger partial charge < -0.3 is 19.8 Å². The molecule has 6 aromatic rings. The summed E-state index contributed by atoms with van der Waals surface area (Å²) in [4.78, 5) is 19.8. The van der Waals surface area contributed by atoms with Crippen LogP contribution in [0.15, 0.2) is 67.1 Å². The Labute approximate surface area is 265 Å². The second kappa shape index (κ2) is 12.5. The number of nitrogens with zero attached hydrogens (tertiary/aromatic N) is 5. The van der Waals surface area contributed by atoms with Crippen LogP contribution in [0.1, 0.15) is 25.7 Å². The van der Waals surface area contributed by atoms with Crippen LogP contribution in [0.25, 0.3) is 55.8 Å². The van der Waals surface area contributed by atoms with Crippen LogP contribution in [-0.4, -0.2) is 80.5 Å². The standard InChI is InChI=1S/C35H35FN8O2/c36-25-15-23(16-27(19-25)45-14-13-44-11-1-2-12-44)32-34-31(7-10-39-32)40-35(41-34)33-29-18-22(3-4-30(29)42-43-33)24-17-28(21-38-20-24)46-26-5-8-37-9-6-26/h3-4,7,10,15-21,26,37H,1-2,5-6,8-9,11-14H2,(H,40,41)(H,42,43). The van der Waals surface area contributed by atoms with E-state index in [2.05, 4.69) is 41.4 Å². The monoisotopic (exact) mass is 618 g/mol. The van der Waals surface area contributed by atoms with Crippen LogP contribution in [0.2, 0.25) is 0 Å². The second-order valence-electron chi connectivity index (χ2n) is 12.0. The summed E-state index contributed by atoms with van der Waals surface area (Å²) in [7, 11) is 0. The number of halogens is 1. The molecule has 0 unspecified atom stereocenters. The van der Waals surface area contributed by atoms with E-state index in [9.17, 15) is 4.39 Å². The maximum Gasteiger partial charge on any atom is 0.159 e. The Morgan fingerprint density at radius 1 is 0.870 bits per heavy atom. The summed E-state index contributed by atoms with van der Waals surface area (Å²) >= 11 is 0. The van der Waals surface area contributed by atoms with E-state index in [0.717, 1.165) is 78.9 Å². The average molecular weight is 619 g/mol. The van der Waals surface area contributed by atoms with Gasteiger partial charge >= 0.3 is 0 Å². The zero-order chi connectivity index (χ0) is 30.9. The Morgan fingerprint density at radius 3 is 2.63 bits per heavy atom. The lowest BCUT2D eigenvalue weighted by atomic mass is 10.0. The highest BCUT2D eigenvalue weighted by Crippen LogP contribution is 2.34. The molecule has 6 heterocycles. The van der Waals surface area contributed by atoms with Gasteiger partial charge in [-0.15, -0.1) is 0 Å². The molecule has 10 nitrogen and oxygen atoms in total. The van der Waals surface area contributed by atoms with Gasteiger partial charge in [0.15, 0.2) is 5.82 Å². The van der Waals surface area contributed by atoms with E-state index in [4.69, 9.17) is 14.5 Å². The van der Waals surface area contributed by atoms with Crippen molar-refractivity contribution >= 4 is 21.9 Å². The van der Waals surface area contributed by atoms with Crippen molar-refractivity contribution in [3.05, 3.63) is 72.9 Å². The van der Waals surface area contributed by atoms with Crippen molar-refractivity contribution in [3.8, 4) is 45.4 Å². The number of benzene rings is 2. The number of piperidine rings is 1. The smallest absolute Gasteiger partial charge is 0.159 e. The SMILES string of the molecule is Fc1cc(OCCN2CCCC2)cc(-c2nccc3[nH]c(-c4n[nH]c5ccc(-c6cncc(OC7CCNCC7)c6)cc45)nc23)c1. The van der Waals surface area contributed by atoms with Crippen molar-refractivity contribution in [1.82, 2.24) is 40.3 Å². The second-order valence-corrected chi connectivity index (χ2v) is 12.0. The van der Waals surface area contributed by atoms with Crippen LogP contribution in [0.4, 0.5) is 4.39 Å². The van der Waals surface area contributed by atoms with Crippen molar-refractivity contribution < 1.29 is 13.9 Å². The molecule has 2 aliphatic rings. The summed E-state index contributed by atoms with van der Waals surface area (Å²) in [6, 6.07) is 14.8. The van der Waals surface area contributed by atoms with E-state index < -0.39 is 0 Å². The number of imidazole rings is 1. The number of likely N-dealkylation sites (tertiary alicyclic amines) is 1. The zero-order valence-electron chi connectivity index (χ0n) is 25.4. The third-order valence-electron chi connectivity index (χ3n) is 8.84. The van der Waals surface area contributed by atoms with E-state index in [0.29, 0.717) is 40.6 Å². The Bertz CT molecular complexity index is 1990. The number of nitrogens with one attached hydrogen (secondary N) is 3. The van der Waals surface area contributed by atoms with Crippen LogP contribution in [0, 0.1) is 5.82 Å². The highest BCUT2D eigenvalue weighted by atomic mass is 19.1. The highest BCUT2D eigenvalue weighted by molar-refractivity contribution is 5.97. The van der Waals surface area contributed by atoms with E-state index >= 15 is 0 Å². The van der Waals surface area contributed by atoms with Gasteiger partial charge in [-0.3, -0.25) is 20.0 Å². The lowest BCUT2D eigenvalue weighted by Crippen LogP contribution is -2.34. The topological polar surface area (TPSA) is 117 Å². The first-order valence-electron chi connectivity index (χ1n) is 16.0. The van der Waals surface area contributed by atoms with Crippen molar-refractivity contribution in [3.63, 3.8) is 0 Å². The number of H-pyrrole nitrogens is 2. The fourth-order valence-electron chi connectivity index (χ4n) is 6.46. The summed E-state index contributed by atoms with van der Waals surface area (Å²) < 4.78 is 27.0. The Hall–Kier alpha value is -4.87. The number of aromatic nitrogens is 6. The van der Waals surface area contributed by atoms with Gasteiger partial charge in [0.2, 0.25) is 0 Å². The van der Waals surface area contributed by atoms with Crippen LogP contribution in [-0.2, 0) is 0 Å². The third kappa shape index (κ3) is 5.91. The van der Waals surface area contributed by atoms with Crippen molar-refractivity contribution in [2.24, 2.45) is 0 Å². The van der Waals surface area contributed by atoms with E-state index in [1.807, 2.05) is 36.5 Å².